The van der Waals surface area contributed by atoms with E-state index < -0.39 is 0 Å². The van der Waals surface area contributed by atoms with Crippen LogP contribution in [0.4, 0.5) is 5.82 Å². The zero-order valence-corrected chi connectivity index (χ0v) is 14.2. The predicted octanol–water partition coefficient (Wildman–Crippen LogP) is 2.97. The van der Waals surface area contributed by atoms with Crippen LogP contribution in [0.1, 0.15) is 39.0 Å². The molecule has 0 unspecified atom stereocenters. The molecule has 2 aliphatic heterocycles. The van der Waals surface area contributed by atoms with Gasteiger partial charge in [0.25, 0.3) is 0 Å². The highest BCUT2D eigenvalue weighted by molar-refractivity contribution is 5.83. The third kappa shape index (κ3) is 2.22. The van der Waals surface area contributed by atoms with Crippen molar-refractivity contribution in [1.82, 2.24) is 30.2 Å². The Bertz CT molecular complexity index is 914. The first-order chi connectivity index (χ1) is 12.3. The lowest BCUT2D eigenvalue weighted by Gasteiger charge is -2.43. The van der Waals surface area contributed by atoms with E-state index >= 15 is 0 Å². The molecule has 1 aliphatic carbocycles. The zero-order valence-electron chi connectivity index (χ0n) is 14.2. The number of imidazole rings is 1. The molecule has 4 heterocycles. The smallest absolute Gasteiger partial charge is 0.162 e. The molecule has 1 saturated carbocycles. The van der Waals surface area contributed by atoms with Gasteiger partial charge < -0.3 is 20.5 Å². The fraction of sp³-hybridized carbons (Fsp3) is 0.389. The van der Waals surface area contributed by atoms with Crippen LogP contribution < -0.4 is 10.6 Å². The average molecular weight is 335 g/mol. The predicted molar refractivity (Wildman–Crippen MR) is 96.0 cm³/mol. The van der Waals surface area contributed by atoms with Gasteiger partial charge in [-0.2, -0.15) is 0 Å². The van der Waals surface area contributed by atoms with Crippen molar-refractivity contribution >= 4 is 17.0 Å². The van der Waals surface area contributed by atoms with Gasteiger partial charge in [0, 0.05) is 12.4 Å². The fourth-order valence-corrected chi connectivity index (χ4v) is 4.14. The number of H-pyrrole nitrogens is 1. The van der Waals surface area contributed by atoms with Gasteiger partial charge in [-0.1, -0.05) is 6.42 Å². The summed E-state index contributed by atoms with van der Waals surface area (Å²) in [7, 11) is 0. The fourth-order valence-electron chi connectivity index (χ4n) is 4.14. The van der Waals surface area contributed by atoms with Gasteiger partial charge in [0.1, 0.15) is 12.0 Å². The van der Waals surface area contributed by atoms with Gasteiger partial charge in [-0.3, -0.25) is 0 Å². The number of rotatable bonds is 2. The Morgan fingerprint density at radius 3 is 2.92 bits per heavy atom. The molecule has 3 aliphatic rings. The van der Waals surface area contributed by atoms with Crippen molar-refractivity contribution in [2.24, 2.45) is 0 Å². The second-order valence-electron chi connectivity index (χ2n) is 6.99. The van der Waals surface area contributed by atoms with Gasteiger partial charge in [-0.25, -0.2) is 15.0 Å². The van der Waals surface area contributed by atoms with E-state index in [1.807, 2.05) is 0 Å². The van der Waals surface area contributed by atoms with E-state index in [1.54, 1.807) is 12.7 Å². The monoisotopic (exact) mass is 335 g/mol. The first-order valence-electron chi connectivity index (χ1n) is 8.84. The van der Waals surface area contributed by atoms with Crippen LogP contribution in [0, 0.1) is 0 Å². The minimum Gasteiger partial charge on any atom is -0.367 e. The van der Waals surface area contributed by atoms with Crippen LogP contribution in [-0.4, -0.2) is 30.5 Å². The van der Waals surface area contributed by atoms with Crippen LogP contribution in [0.25, 0.3) is 11.2 Å². The highest BCUT2D eigenvalue weighted by atomic mass is 15.4. The SMILES string of the molecule is CC1=CC(Nc2ncnc3[nH]cnc23)=CN2C1=CNC21CCCCC1. The van der Waals surface area contributed by atoms with E-state index in [1.165, 1.54) is 43.4 Å². The second-order valence-corrected chi connectivity index (χ2v) is 6.99. The molecule has 0 bridgehead atoms. The zero-order chi connectivity index (χ0) is 16.9. The Kier molecular flexibility index (Phi) is 3.10. The maximum Gasteiger partial charge on any atom is 0.162 e. The Balaban J connectivity index is 1.50. The number of hydrogen-bond acceptors (Lipinski definition) is 6. The van der Waals surface area contributed by atoms with E-state index in [0.29, 0.717) is 0 Å². The van der Waals surface area contributed by atoms with Crippen molar-refractivity contribution in [3.63, 3.8) is 0 Å². The minimum absolute atomic E-state index is 0.0311. The number of aromatic amines is 1. The van der Waals surface area contributed by atoms with Gasteiger partial charge in [0.2, 0.25) is 0 Å². The molecule has 1 fully saturated rings. The topological polar surface area (TPSA) is 81.8 Å². The summed E-state index contributed by atoms with van der Waals surface area (Å²) in [5.74, 6) is 0.721. The Morgan fingerprint density at radius 1 is 1.16 bits per heavy atom. The molecule has 0 saturated heterocycles. The summed E-state index contributed by atoms with van der Waals surface area (Å²) >= 11 is 0. The van der Waals surface area contributed by atoms with Gasteiger partial charge in [-0.05, 0) is 44.3 Å². The highest BCUT2D eigenvalue weighted by Gasteiger charge is 2.42. The molecule has 0 amide bonds. The molecule has 128 valence electrons. The van der Waals surface area contributed by atoms with E-state index in [2.05, 4.69) is 60.9 Å². The van der Waals surface area contributed by atoms with Crippen LogP contribution in [0.3, 0.4) is 0 Å². The first-order valence-corrected chi connectivity index (χ1v) is 8.84. The second kappa shape index (κ2) is 5.34. The van der Waals surface area contributed by atoms with E-state index in [4.69, 9.17) is 0 Å². The summed E-state index contributed by atoms with van der Waals surface area (Å²) < 4.78 is 0. The molecule has 1 spiro atoms. The lowest BCUT2D eigenvalue weighted by atomic mass is 9.87. The van der Waals surface area contributed by atoms with Gasteiger partial charge in [-0.15, -0.1) is 0 Å². The largest absolute Gasteiger partial charge is 0.367 e. The molecule has 25 heavy (non-hydrogen) atoms. The molecule has 2 aromatic rings. The molecule has 0 radical (unpaired) electrons. The van der Waals surface area contributed by atoms with Gasteiger partial charge in [0.05, 0.1) is 17.7 Å². The lowest BCUT2D eigenvalue weighted by molar-refractivity contribution is 0.125. The maximum absolute atomic E-state index is 4.36. The average Bonchev–Trinajstić information content (AvgIpc) is 3.23. The minimum atomic E-state index is 0.0311. The molecule has 3 N–H and O–H groups in total. The molecular weight excluding hydrogens is 314 g/mol. The third-order valence-corrected chi connectivity index (χ3v) is 5.40. The Hall–Kier alpha value is -2.83. The summed E-state index contributed by atoms with van der Waals surface area (Å²) in [6.45, 7) is 2.15. The Labute approximate surface area is 145 Å². The van der Waals surface area contributed by atoms with Crippen LogP contribution >= 0.6 is 0 Å². The summed E-state index contributed by atoms with van der Waals surface area (Å²) in [5.41, 5.74) is 5.05. The van der Waals surface area contributed by atoms with E-state index in [9.17, 15) is 0 Å². The van der Waals surface area contributed by atoms with Crippen molar-refractivity contribution in [2.75, 3.05) is 5.32 Å². The Morgan fingerprint density at radius 2 is 2.04 bits per heavy atom. The highest BCUT2D eigenvalue weighted by Crippen LogP contribution is 2.41. The number of hydrogen-bond donors (Lipinski definition) is 3. The normalized spacial score (nSPS) is 21.5. The summed E-state index contributed by atoms with van der Waals surface area (Å²) in [5, 5.41) is 7.09. The van der Waals surface area contributed by atoms with Crippen molar-refractivity contribution in [2.45, 2.75) is 44.7 Å². The van der Waals surface area contributed by atoms with Crippen molar-refractivity contribution in [3.05, 3.63) is 48.1 Å². The molecule has 7 nitrogen and oxygen atoms in total. The molecular formula is C18H21N7. The number of anilines is 1. The molecule has 2 aromatic heterocycles. The maximum atomic E-state index is 4.36. The van der Waals surface area contributed by atoms with Crippen molar-refractivity contribution in [1.29, 1.82) is 0 Å². The molecule has 0 atom stereocenters. The number of fused-ring (bicyclic) bond motifs is 3. The van der Waals surface area contributed by atoms with Gasteiger partial charge in [0.15, 0.2) is 17.0 Å². The standard InChI is InChI=1S/C18H21N7/c1-12-7-13(24-17-15-16(20-10-19-15)21-11-22-17)9-25-14(12)8-23-18(25)5-3-2-4-6-18/h7-11,23H,2-6H2,1H3,(H2,19,20,21,22,24). The lowest BCUT2D eigenvalue weighted by Crippen LogP contribution is -2.51. The van der Waals surface area contributed by atoms with Gasteiger partial charge >= 0.3 is 0 Å². The molecule has 7 heteroatoms. The first kappa shape index (κ1) is 14.5. The number of allylic oxidation sites excluding steroid dienone is 2. The number of aromatic nitrogens is 4. The molecule has 0 aromatic carbocycles. The summed E-state index contributed by atoms with van der Waals surface area (Å²) in [6, 6.07) is 0. The number of nitrogens with zero attached hydrogens (tertiary/aromatic N) is 4. The van der Waals surface area contributed by atoms with Crippen LogP contribution in [0.2, 0.25) is 0 Å². The van der Waals surface area contributed by atoms with E-state index in [-0.39, 0.29) is 5.66 Å². The van der Waals surface area contributed by atoms with Crippen molar-refractivity contribution in [3.8, 4) is 0 Å². The van der Waals surface area contributed by atoms with Crippen molar-refractivity contribution < 1.29 is 0 Å². The molecule has 5 rings (SSSR count). The number of nitrogens with one attached hydrogen (secondary N) is 3. The summed E-state index contributed by atoms with van der Waals surface area (Å²) in [4.78, 5) is 18.3. The summed E-state index contributed by atoms with van der Waals surface area (Å²) in [6.07, 6.45) is 15.9. The van der Waals surface area contributed by atoms with Crippen LogP contribution in [-0.2, 0) is 0 Å². The van der Waals surface area contributed by atoms with E-state index in [0.717, 1.165) is 22.7 Å². The third-order valence-electron chi connectivity index (χ3n) is 5.40. The van der Waals surface area contributed by atoms with Crippen LogP contribution in [0.15, 0.2) is 48.1 Å². The van der Waals surface area contributed by atoms with Crippen LogP contribution in [0.5, 0.6) is 0 Å². The quantitative estimate of drug-likeness (QED) is 0.783.